The van der Waals surface area contributed by atoms with Crippen molar-refractivity contribution in [3.05, 3.63) is 26.8 Å². The van der Waals surface area contributed by atoms with Gasteiger partial charge in [0, 0.05) is 12.7 Å². The number of hydrogen-bond donors (Lipinski definition) is 1. The fourth-order valence-corrected chi connectivity index (χ4v) is 1.54. The number of aryl methyl sites for hydroxylation is 1. The van der Waals surface area contributed by atoms with Crippen LogP contribution in [0.25, 0.3) is 0 Å². The molecule has 1 heterocycles. The second-order valence-electron chi connectivity index (χ2n) is 3.11. The summed E-state index contributed by atoms with van der Waals surface area (Å²) in [6.45, 7) is 3.18. The van der Waals surface area contributed by atoms with Gasteiger partial charge in [-0.25, -0.2) is 4.98 Å². The molecule has 1 aromatic rings. The predicted molar refractivity (Wildman–Crippen MR) is 59.2 cm³/mol. The zero-order valence-corrected chi connectivity index (χ0v) is 9.75. The molecule has 1 rings (SSSR count). The lowest BCUT2D eigenvalue weighted by molar-refractivity contribution is 0.572. The Morgan fingerprint density at radius 1 is 1.57 bits per heavy atom. The van der Waals surface area contributed by atoms with Gasteiger partial charge >= 0.3 is 0 Å². The smallest absolute Gasteiger partial charge is 0.267 e. The summed E-state index contributed by atoms with van der Waals surface area (Å²) in [5.74, 6) is 0.746. The maximum Gasteiger partial charge on any atom is 0.267 e. The van der Waals surface area contributed by atoms with Gasteiger partial charge < -0.3 is 5.73 Å². The normalized spacial score (nSPS) is 10.5. The molecule has 0 aromatic carbocycles. The van der Waals surface area contributed by atoms with Gasteiger partial charge in [0.05, 0.1) is 0 Å². The highest BCUT2D eigenvalue weighted by Gasteiger charge is 2.04. The molecule has 2 N–H and O–H groups in total. The first-order valence-electron chi connectivity index (χ1n) is 4.59. The third-order valence-electron chi connectivity index (χ3n) is 2.04. The second-order valence-corrected chi connectivity index (χ2v) is 3.96. The zero-order chi connectivity index (χ0) is 10.6. The highest BCUT2D eigenvalue weighted by molar-refractivity contribution is 9.10. The molecule has 0 unspecified atom stereocenters. The van der Waals surface area contributed by atoms with E-state index < -0.39 is 0 Å². The van der Waals surface area contributed by atoms with Gasteiger partial charge in [-0.05, 0) is 42.2 Å². The summed E-state index contributed by atoms with van der Waals surface area (Å²) in [6.07, 6.45) is 3.38. The summed E-state index contributed by atoms with van der Waals surface area (Å²) < 4.78 is 2.18. The fraction of sp³-hybridized carbons (Fsp3) is 0.556. The molecule has 78 valence electrons. The van der Waals surface area contributed by atoms with Crippen molar-refractivity contribution in [1.82, 2.24) is 9.55 Å². The number of unbranched alkanes of at least 4 members (excludes halogenated alkanes) is 1. The van der Waals surface area contributed by atoms with Crippen molar-refractivity contribution in [2.24, 2.45) is 5.73 Å². The molecule has 0 saturated heterocycles. The van der Waals surface area contributed by atoms with E-state index in [0.29, 0.717) is 17.6 Å². The zero-order valence-electron chi connectivity index (χ0n) is 8.16. The van der Waals surface area contributed by atoms with Gasteiger partial charge in [-0.1, -0.05) is 0 Å². The Morgan fingerprint density at radius 2 is 2.29 bits per heavy atom. The predicted octanol–water partition coefficient (Wildman–Crippen LogP) is 1.05. The Hall–Kier alpha value is -0.680. The van der Waals surface area contributed by atoms with Gasteiger partial charge in [-0.2, -0.15) is 0 Å². The highest BCUT2D eigenvalue weighted by Crippen LogP contribution is 2.02. The average molecular weight is 260 g/mol. The van der Waals surface area contributed by atoms with E-state index in [1.165, 1.54) is 6.20 Å². The van der Waals surface area contributed by atoms with E-state index in [1.54, 1.807) is 4.57 Å². The lowest BCUT2D eigenvalue weighted by Crippen LogP contribution is -2.24. The van der Waals surface area contributed by atoms with Crippen molar-refractivity contribution in [3.63, 3.8) is 0 Å². The van der Waals surface area contributed by atoms with Crippen molar-refractivity contribution in [2.45, 2.75) is 26.3 Å². The third kappa shape index (κ3) is 2.65. The number of aromatic nitrogens is 2. The van der Waals surface area contributed by atoms with Crippen LogP contribution in [0.1, 0.15) is 18.7 Å². The van der Waals surface area contributed by atoms with Crippen LogP contribution < -0.4 is 11.3 Å². The van der Waals surface area contributed by atoms with Crippen LogP contribution in [0.3, 0.4) is 0 Å². The van der Waals surface area contributed by atoms with Crippen molar-refractivity contribution >= 4 is 15.9 Å². The topological polar surface area (TPSA) is 60.9 Å². The van der Waals surface area contributed by atoms with E-state index in [-0.39, 0.29) is 5.56 Å². The average Bonchev–Trinajstić information content (AvgIpc) is 2.18. The molecule has 0 aliphatic rings. The summed E-state index contributed by atoms with van der Waals surface area (Å²) in [5.41, 5.74) is 5.37. The van der Waals surface area contributed by atoms with E-state index in [0.717, 1.165) is 18.7 Å². The number of rotatable bonds is 4. The van der Waals surface area contributed by atoms with E-state index in [9.17, 15) is 4.79 Å². The quantitative estimate of drug-likeness (QED) is 0.823. The largest absolute Gasteiger partial charge is 0.330 e. The molecule has 0 fully saturated rings. The molecule has 14 heavy (non-hydrogen) atoms. The molecule has 0 aliphatic heterocycles. The van der Waals surface area contributed by atoms with E-state index in [4.69, 9.17) is 5.73 Å². The summed E-state index contributed by atoms with van der Waals surface area (Å²) in [4.78, 5) is 15.7. The summed E-state index contributed by atoms with van der Waals surface area (Å²) in [6, 6.07) is 0. The van der Waals surface area contributed by atoms with Gasteiger partial charge in [0.2, 0.25) is 0 Å². The number of halogens is 1. The molecule has 0 aliphatic carbocycles. The Kier molecular flexibility index (Phi) is 4.28. The van der Waals surface area contributed by atoms with Gasteiger partial charge in [-0.15, -0.1) is 0 Å². The van der Waals surface area contributed by atoms with Crippen LogP contribution in [0, 0.1) is 6.92 Å². The van der Waals surface area contributed by atoms with Crippen LogP contribution >= 0.6 is 15.9 Å². The molecular formula is C9H14BrN3O. The van der Waals surface area contributed by atoms with Crippen LogP contribution in [0.5, 0.6) is 0 Å². The van der Waals surface area contributed by atoms with Crippen LogP contribution in [-0.2, 0) is 6.54 Å². The van der Waals surface area contributed by atoms with Crippen LogP contribution in [0.15, 0.2) is 15.5 Å². The van der Waals surface area contributed by atoms with Crippen molar-refractivity contribution in [2.75, 3.05) is 6.54 Å². The molecule has 5 heteroatoms. The van der Waals surface area contributed by atoms with Gasteiger partial charge in [0.1, 0.15) is 10.3 Å². The lowest BCUT2D eigenvalue weighted by atomic mass is 10.3. The van der Waals surface area contributed by atoms with Crippen molar-refractivity contribution in [3.8, 4) is 0 Å². The maximum absolute atomic E-state index is 11.6. The van der Waals surface area contributed by atoms with Gasteiger partial charge in [-0.3, -0.25) is 9.36 Å². The summed E-state index contributed by atoms with van der Waals surface area (Å²) in [5, 5.41) is 0. The van der Waals surface area contributed by atoms with E-state index >= 15 is 0 Å². The Balaban J connectivity index is 2.84. The van der Waals surface area contributed by atoms with Gasteiger partial charge in [0.15, 0.2) is 0 Å². The second kappa shape index (κ2) is 5.26. The maximum atomic E-state index is 11.6. The first kappa shape index (κ1) is 11.4. The monoisotopic (exact) mass is 259 g/mol. The molecule has 0 saturated carbocycles. The first-order chi connectivity index (χ1) is 6.66. The SMILES string of the molecule is Cc1ncc(Br)c(=O)n1CCCCN. The lowest BCUT2D eigenvalue weighted by Gasteiger charge is -2.08. The number of nitrogens with two attached hydrogens (primary N) is 1. The molecule has 0 bridgehead atoms. The fourth-order valence-electron chi connectivity index (χ4n) is 1.23. The van der Waals surface area contributed by atoms with Crippen molar-refractivity contribution in [1.29, 1.82) is 0 Å². The minimum Gasteiger partial charge on any atom is -0.330 e. The summed E-state index contributed by atoms with van der Waals surface area (Å²) in [7, 11) is 0. The Labute approximate surface area is 91.3 Å². The van der Waals surface area contributed by atoms with Crippen LogP contribution in [-0.4, -0.2) is 16.1 Å². The van der Waals surface area contributed by atoms with E-state index in [2.05, 4.69) is 20.9 Å². The van der Waals surface area contributed by atoms with Crippen LogP contribution in [0.4, 0.5) is 0 Å². The number of nitrogens with zero attached hydrogens (tertiary/aromatic N) is 2. The standard InChI is InChI=1S/C9H14BrN3O/c1-7-12-6-8(10)9(14)13(7)5-3-2-4-11/h6H,2-5,11H2,1H3. The van der Waals surface area contributed by atoms with Crippen molar-refractivity contribution < 1.29 is 0 Å². The summed E-state index contributed by atoms with van der Waals surface area (Å²) >= 11 is 3.17. The molecule has 0 atom stereocenters. The molecule has 0 spiro atoms. The van der Waals surface area contributed by atoms with E-state index in [1.807, 2.05) is 6.92 Å². The molecule has 0 amide bonds. The Bertz CT molecular complexity index is 362. The minimum atomic E-state index is -0.0190. The molecule has 1 aromatic heterocycles. The minimum absolute atomic E-state index is 0.0190. The number of hydrogen-bond acceptors (Lipinski definition) is 3. The molecule has 4 nitrogen and oxygen atoms in total. The van der Waals surface area contributed by atoms with Gasteiger partial charge in [0.25, 0.3) is 5.56 Å². The third-order valence-corrected chi connectivity index (χ3v) is 2.58. The first-order valence-corrected chi connectivity index (χ1v) is 5.38. The van der Waals surface area contributed by atoms with Crippen LogP contribution in [0.2, 0.25) is 0 Å². The molecular weight excluding hydrogens is 246 g/mol. The highest BCUT2D eigenvalue weighted by atomic mass is 79.9. The molecule has 0 radical (unpaired) electrons. The Morgan fingerprint density at radius 3 is 2.93 bits per heavy atom.